The van der Waals surface area contributed by atoms with Crippen LogP contribution < -0.4 is 5.73 Å². The molecule has 3 unspecified atom stereocenters. The predicted octanol–water partition coefficient (Wildman–Crippen LogP) is 1.69. The van der Waals surface area contributed by atoms with E-state index in [9.17, 15) is 0 Å². The summed E-state index contributed by atoms with van der Waals surface area (Å²) in [5.74, 6) is 4.49. The molecule has 0 amide bonds. The van der Waals surface area contributed by atoms with Crippen molar-refractivity contribution in [2.24, 2.45) is 16.6 Å². The molecule has 1 aromatic rings. The fraction of sp³-hybridized carbons (Fsp3) is 0.533. The molecule has 0 spiro atoms. The maximum Gasteiger partial charge on any atom is 0.191 e. The van der Waals surface area contributed by atoms with E-state index >= 15 is 0 Å². The van der Waals surface area contributed by atoms with Gasteiger partial charge in [0, 0.05) is 30.5 Å². The van der Waals surface area contributed by atoms with Gasteiger partial charge in [0.2, 0.25) is 0 Å². The monoisotopic (exact) mass is 273 g/mol. The number of guanidine groups is 1. The molecular formula is C15H19N3S. The molecule has 100 valence electrons. The van der Waals surface area contributed by atoms with Gasteiger partial charge in [-0.25, -0.2) is 4.99 Å². The Kier molecular flexibility index (Phi) is 2.72. The van der Waals surface area contributed by atoms with Crippen molar-refractivity contribution in [2.45, 2.75) is 18.4 Å². The van der Waals surface area contributed by atoms with Gasteiger partial charge in [-0.1, -0.05) is 24.3 Å². The zero-order valence-corrected chi connectivity index (χ0v) is 11.8. The van der Waals surface area contributed by atoms with E-state index in [-0.39, 0.29) is 0 Å². The molecule has 19 heavy (non-hydrogen) atoms. The van der Waals surface area contributed by atoms with Gasteiger partial charge in [0.05, 0.1) is 6.04 Å². The number of fused-ring (bicyclic) bond motifs is 3. The number of nitrogens with two attached hydrogens (primary N) is 1. The first-order chi connectivity index (χ1) is 9.34. The van der Waals surface area contributed by atoms with E-state index in [2.05, 4.69) is 29.2 Å². The second kappa shape index (κ2) is 4.44. The maximum absolute atomic E-state index is 6.18. The molecule has 3 aliphatic rings. The van der Waals surface area contributed by atoms with Crippen LogP contribution in [0.2, 0.25) is 0 Å². The van der Waals surface area contributed by atoms with Gasteiger partial charge in [-0.2, -0.15) is 11.8 Å². The number of rotatable bonds is 1. The van der Waals surface area contributed by atoms with Gasteiger partial charge in [0.15, 0.2) is 5.96 Å². The van der Waals surface area contributed by atoms with Crippen LogP contribution in [0.4, 0.5) is 0 Å². The maximum atomic E-state index is 6.18. The first-order valence-electron chi connectivity index (χ1n) is 7.08. The van der Waals surface area contributed by atoms with Crippen molar-refractivity contribution < 1.29 is 0 Å². The van der Waals surface area contributed by atoms with Crippen molar-refractivity contribution in [1.29, 1.82) is 0 Å². The van der Waals surface area contributed by atoms with Crippen LogP contribution >= 0.6 is 11.8 Å². The Morgan fingerprint density at radius 3 is 2.89 bits per heavy atom. The lowest BCUT2D eigenvalue weighted by atomic mass is 10.1. The Labute approximate surface area is 118 Å². The Morgan fingerprint density at radius 1 is 1.26 bits per heavy atom. The summed E-state index contributed by atoms with van der Waals surface area (Å²) in [6, 6.07) is 9.26. The fourth-order valence-electron chi connectivity index (χ4n) is 3.52. The SMILES string of the molecule is NC(=NC1C2Cc3ccccc3C21)N1CCSCC1. The second-order valence-electron chi connectivity index (χ2n) is 5.67. The van der Waals surface area contributed by atoms with Crippen LogP contribution in [0.5, 0.6) is 0 Å². The molecule has 1 aromatic carbocycles. The van der Waals surface area contributed by atoms with Crippen LogP contribution in [-0.2, 0) is 6.42 Å². The minimum atomic E-state index is 0.449. The molecule has 1 saturated carbocycles. The van der Waals surface area contributed by atoms with Gasteiger partial charge in [0.1, 0.15) is 0 Å². The largest absolute Gasteiger partial charge is 0.370 e. The van der Waals surface area contributed by atoms with Gasteiger partial charge in [-0.15, -0.1) is 0 Å². The Bertz CT molecular complexity index is 522. The average molecular weight is 273 g/mol. The summed E-state index contributed by atoms with van der Waals surface area (Å²) in [5.41, 5.74) is 9.22. The number of thioether (sulfide) groups is 1. The van der Waals surface area contributed by atoms with Gasteiger partial charge in [-0.05, 0) is 23.5 Å². The van der Waals surface area contributed by atoms with Crippen molar-refractivity contribution >= 4 is 17.7 Å². The standard InChI is InChI=1S/C15H19N3S/c16-15(18-5-7-19-8-6-18)17-14-12-9-10-3-1-2-4-11(10)13(12)14/h1-4,12-14H,5-9H2,(H2,16,17). The minimum absolute atomic E-state index is 0.449. The Balaban J connectivity index is 1.49. The molecule has 4 heteroatoms. The highest BCUT2D eigenvalue weighted by Crippen LogP contribution is 2.58. The van der Waals surface area contributed by atoms with Crippen molar-refractivity contribution in [3.8, 4) is 0 Å². The molecule has 4 rings (SSSR count). The van der Waals surface area contributed by atoms with Gasteiger partial charge in [-0.3, -0.25) is 0 Å². The van der Waals surface area contributed by atoms with Crippen LogP contribution in [-0.4, -0.2) is 41.5 Å². The van der Waals surface area contributed by atoms with Crippen LogP contribution in [0.25, 0.3) is 0 Å². The molecule has 3 atom stereocenters. The number of benzene rings is 1. The van der Waals surface area contributed by atoms with E-state index in [1.165, 1.54) is 29.1 Å². The molecule has 0 radical (unpaired) electrons. The van der Waals surface area contributed by atoms with E-state index in [0.29, 0.717) is 12.0 Å². The highest BCUT2D eigenvalue weighted by molar-refractivity contribution is 7.99. The number of aliphatic imine (C=N–C) groups is 1. The number of hydrogen-bond donors (Lipinski definition) is 1. The lowest BCUT2D eigenvalue weighted by Gasteiger charge is -2.27. The molecule has 2 fully saturated rings. The molecule has 2 N–H and O–H groups in total. The van der Waals surface area contributed by atoms with Gasteiger partial charge >= 0.3 is 0 Å². The third kappa shape index (κ3) is 1.93. The van der Waals surface area contributed by atoms with Crippen molar-refractivity contribution in [2.75, 3.05) is 24.6 Å². The number of nitrogens with zero attached hydrogens (tertiary/aromatic N) is 2. The summed E-state index contributed by atoms with van der Waals surface area (Å²) in [6.07, 6.45) is 1.19. The zero-order valence-electron chi connectivity index (χ0n) is 11.0. The smallest absolute Gasteiger partial charge is 0.191 e. The summed E-state index contributed by atoms with van der Waals surface area (Å²) >= 11 is 2.01. The van der Waals surface area contributed by atoms with Crippen LogP contribution in [0.15, 0.2) is 29.3 Å². The Hall–Kier alpha value is -1.16. The van der Waals surface area contributed by atoms with E-state index in [4.69, 9.17) is 10.7 Å². The molecule has 0 bridgehead atoms. The van der Waals surface area contributed by atoms with Crippen LogP contribution in [0.1, 0.15) is 17.0 Å². The summed E-state index contributed by atoms with van der Waals surface area (Å²) in [5, 5.41) is 0. The first kappa shape index (κ1) is 11.6. The van der Waals surface area contributed by atoms with Crippen LogP contribution in [0.3, 0.4) is 0 Å². The first-order valence-corrected chi connectivity index (χ1v) is 8.24. The Morgan fingerprint density at radius 2 is 2.05 bits per heavy atom. The lowest BCUT2D eigenvalue weighted by molar-refractivity contribution is 0.455. The third-order valence-electron chi connectivity index (χ3n) is 4.61. The van der Waals surface area contributed by atoms with Gasteiger partial charge in [0.25, 0.3) is 0 Å². The highest BCUT2D eigenvalue weighted by Gasteiger charge is 2.56. The topological polar surface area (TPSA) is 41.6 Å². The lowest BCUT2D eigenvalue weighted by Crippen LogP contribution is -2.42. The molecule has 1 saturated heterocycles. The van der Waals surface area contributed by atoms with Crippen molar-refractivity contribution in [1.82, 2.24) is 4.90 Å². The van der Waals surface area contributed by atoms with E-state index < -0.39 is 0 Å². The fourth-order valence-corrected chi connectivity index (χ4v) is 4.42. The van der Waals surface area contributed by atoms with Crippen molar-refractivity contribution in [3.63, 3.8) is 0 Å². The zero-order chi connectivity index (χ0) is 12.8. The average Bonchev–Trinajstić information content (AvgIpc) is 2.97. The summed E-state index contributed by atoms with van der Waals surface area (Å²) < 4.78 is 0. The molecule has 2 aliphatic carbocycles. The summed E-state index contributed by atoms with van der Waals surface area (Å²) in [7, 11) is 0. The normalized spacial score (nSPS) is 32.9. The van der Waals surface area contributed by atoms with Crippen LogP contribution in [0, 0.1) is 5.92 Å². The molecular weight excluding hydrogens is 254 g/mol. The van der Waals surface area contributed by atoms with E-state index in [1.807, 2.05) is 11.8 Å². The number of hydrogen-bond acceptors (Lipinski definition) is 2. The molecule has 1 aliphatic heterocycles. The second-order valence-corrected chi connectivity index (χ2v) is 6.89. The summed E-state index contributed by atoms with van der Waals surface area (Å²) in [6.45, 7) is 2.11. The predicted molar refractivity (Wildman–Crippen MR) is 80.7 cm³/mol. The van der Waals surface area contributed by atoms with E-state index in [0.717, 1.165) is 25.0 Å². The summed E-state index contributed by atoms with van der Waals surface area (Å²) in [4.78, 5) is 7.05. The minimum Gasteiger partial charge on any atom is -0.370 e. The van der Waals surface area contributed by atoms with Gasteiger partial charge < -0.3 is 10.6 Å². The molecule has 0 aromatic heterocycles. The van der Waals surface area contributed by atoms with E-state index in [1.54, 1.807) is 0 Å². The third-order valence-corrected chi connectivity index (χ3v) is 5.56. The quantitative estimate of drug-likeness (QED) is 0.625. The van der Waals surface area contributed by atoms with Crippen molar-refractivity contribution in [3.05, 3.63) is 35.4 Å². The molecule has 3 nitrogen and oxygen atoms in total. The highest BCUT2D eigenvalue weighted by atomic mass is 32.2. The molecule has 1 heterocycles.